The maximum absolute atomic E-state index is 10.8. The Kier molecular flexibility index (Phi) is 5.42. The molecule has 0 amide bonds. The summed E-state index contributed by atoms with van der Waals surface area (Å²) in [5, 5.41) is 10.8. The quantitative estimate of drug-likeness (QED) is 0.268. The van der Waals surface area contributed by atoms with E-state index in [-0.39, 0.29) is 35.7 Å². The van der Waals surface area contributed by atoms with E-state index in [0.29, 0.717) is 17.3 Å². The van der Waals surface area contributed by atoms with Crippen LogP contribution in [0.1, 0.15) is 85.5 Å². The van der Waals surface area contributed by atoms with Gasteiger partial charge in [-0.3, -0.25) is 0 Å². The van der Waals surface area contributed by atoms with E-state index in [1.807, 2.05) is 0 Å². The minimum atomic E-state index is -0.474. The van der Waals surface area contributed by atoms with Gasteiger partial charge in [-0.1, -0.05) is 26.8 Å². The fourth-order valence-corrected chi connectivity index (χ4v) is 9.47. The van der Waals surface area contributed by atoms with E-state index >= 15 is 0 Å². The molecule has 28 heavy (non-hydrogen) atoms. The van der Waals surface area contributed by atoms with Crippen LogP contribution in [0.3, 0.4) is 0 Å². The first-order valence-electron chi connectivity index (χ1n) is 11.3. The Hall–Kier alpha value is -0.0666. The standard InChI is InChI=1S/C26H41O.Rh/c1-8-26-14-9-19(18(2)3)25(26,7)16-15-24(6)20-11-13-23(5,27)17-22(20,4)12-10-21(24)26;/h8,19-21,27H,1-3,9-17H2,4-7H3;/q-1;/t19-,20+,21-,22-,23-,24-,25-,26+;/m1./s1. The fraction of sp³-hybridized carbons (Fsp3) is 0.808. The number of aliphatic hydroxyl groups is 1. The molecule has 4 fully saturated rings. The minimum absolute atomic E-state index is 0. The normalized spacial score (nSPS) is 55.2. The second-order valence-electron chi connectivity index (χ2n) is 11.9. The zero-order valence-electron chi connectivity index (χ0n) is 18.6. The summed E-state index contributed by atoms with van der Waals surface area (Å²) >= 11 is 0. The third kappa shape index (κ3) is 2.72. The molecule has 1 N–H and O–H groups in total. The predicted molar refractivity (Wildman–Crippen MR) is 114 cm³/mol. The number of hydrogen-bond donors (Lipinski definition) is 1. The second-order valence-corrected chi connectivity index (χ2v) is 11.9. The van der Waals surface area contributed by atoms with Gasteiger partial charge >= 0.3 is 0 Å². The van der Waals surface area contributed by atoms with Crippen molar-refractivity contribution in [2.24, 2.45) is 39.4 Å². The largest absolute Gasteiger partial charge is 0.390 e. The van der Waals surface area contributed by atoms with Crippen molar-refractivity contribution in [3.63, 3.8) is 0 Å². The van der Waals surface area contributed by atoms with Gasteiger partial charge in [-0.25, -0.2) is 19.1 Å². The minimum Gasteiger partial charge on any atom is -0.390 e. The summed E-state index contributed by atoms with van der Waals surface area (Å²) in [4.78, 5) is 0. The molecule has 0 spiro atoms. The molecule has 4 rings (SSSR count). The molecular weight excluding hydrogens is 431 g/mol. The van der Waals surface area contributed by atoms with Crippen molar-refractivity contribution in [2.45, 2.75) is 91.1 Å². The summed E-state index contributed by atoms with van der Waals surface area (Å²) in [6.45, 7) is 22.7. The van der Waals surface area contributed by atoms with Crippen molar-refractivity contribution in [2.75, 3.05) is 0 Å². The molecule has 0 unspecified atom stereocenters. The smallest absolute Gasteiger partial charge is 0.0625 e. The first kappa shape index (κ1) is 22.6. The van der Waals surface area contributed by atoms with Crippen LogP contribution in [0.15, 0.2) is 24.8 Å². The summed E-state index contributed by atoms with van der Waals surface area (Å²) in [7, 11) is 0. The van der Waals surface area contributed by atoms with Crippen molar-refractivity contribution in [1.82, 2.24) is 0 Å². The van der Waals surface area contributed by atoms with Gasteiger partial charge in [0.05, 0.1) is 5.60 Å². The number of hydrogen-bond acceptors (Lipinski definition) is 1. The summed E-state index contributed by atoms with van der Waals surface area (Å²) in [5.74, 6) is 1.99. The molecule has 0 bridgehead atoms. The van der Waals surface area contributed by atoms with E-state index in [0.717, 1.165) is 24.3 Å². The Morgan fingerprint density at radius 3 is 2.21 bits per heavy atom. The monoisotopic (exact) mass is 472 g/mol. The SMILES string of the molecule is C=C[C@@]12CC[C@H](C(=C)[CH2-])[C@@]1(C)CC[C@@]1(C)[C@H]2CC[C@]2(C)C[C@](C)(O)CC[C@@H]21.[Rh]. The van der Waals surface area contributed by atoms with Crippen molar-refractivity contribution < 1.29 is 24.6 Å². The van der Waals surface area contributed by atoms with Gasteiger partial charge in [0.15, 0.2) is 0 Å². The molecule has 1 nitrogen and oxygen atoms in total. The topological polar surface area (TPSA) is 20.2 Å². The summed E-state index contributed by atoms with van der Waals surface area (Å²) < 4.78 is 0. The van der Waals surface area contributed by atoms with Crippen LogP contribution >= 0.6 is 0 Å². The van der Waals surface area contributed by atoms with Crippen LogP contribution in [0.2, 0.25) is 0 Å². The van der Waals surface area contributed by atoms with E-state index in [1.165, 1.54) is 44.9 Å². The van der Waals surface area contributed by atoms with Gasteiger partial charge in [0, 0.05) is 19.5 Å². The zero-order chi connectivity index (χ0) is 19.9. The summed E-state index contributed by atoms with van der Waals surface area (Å²) in [5.41, 5.74) is 1.82. The van der Waals surface area contributed by atoms with Gasteiger partial charge < -0.3 is 5.11 Å². The molecule has 0 aromatic heterocycles. The van der Waals surface area contributed by atoms with E-state index in [2.05, 4.69) is 53.9 Å². The van der Waals surface area contributed by atoms with Crippen LogP contribution in [-0.4, -0.2) is 10.7 Å². The maximum Gasteiger partial charge on any atom is 0.0625 e. The molecule has 1 radical (unpaired) electrons. The molecular formula is C26H41ORh-. The number of rotatable bonds is 2. The van der Waals surface area contributed by atoms with Crippen LogP contribution in [0, 0.1) is 46.3 Å². The third-order valence-electron chi connectivity index (χ3n) is 10.5. The Bertz CT molecular complexity index is 667. The van der Waals surface area contributed by atoms with Crippen molar-refractivity contribution >= 4 is 0 Å². The van der Waals surface area contributed by atoms with E-state index in [4.69, 9.17) is 0 Å². The Balaban J connectivity index is 0.00000225. The molecule has 4 saturated carbocycles. The van der Waals surface area contributed by atoms with Gasteiger partial charge in [0.25, 0.3) is 0 Å². The first-order valence-corrected chi connectivity index (χ1v) is 11.3. The first-order chi connectivity index (χ1) is 12.4. The average Bonchev–Trinajstić information content (AvgIpc) is 2.86. The average molecular weight is 473 g/mol. The van der Waals surface area contributed by atoms with E-state index < -0.39 is 5.60 Å². The zero-order valence-corrected chi connectivity index (χ0v) is 20.2. The Morgan fingerprint density at radius 1 is 0.964 bits per heavy atom. The Labute approximate surface area is 186 Å². The van der Waals surface area contributed by atoms with Crippen LogP contribution in [0.5, 0.6) is 0 Å². The molecule has 0 aliphatic heterocycles. The summed E-state index contributed by atoms with van der Waals surface area (Å²) in [6.07, 6.45) is 13.1. The molecule has 0 heterocycles. The molecule has 0 aromatic carbocycles. The van der Waals surface area contributed by atoms with Gasteiger partial charge in [-0.15, -0.1) is 6.58 Å². The van der Waals surface area contributed by atoms with Crippen LogP contribution in [0.25, 0.3) is 0 Å². The Morgan fingerprint density at radius 2 is 1.61 bits per heavy atom. The second kappa shape index (κ2) is 6.72. The van der Waals surface area contributed by atoms with E-state index in [1.54, 1.807) is 0 Å². The summed E-state index contributed by atoms with van der Waals surface area (Å²) in [6, 6.07) is 0. The van der Waals surface area contributed by atoms with Crippen LogP contribution in [0.4, 0.5) is 0 Å². The van der Waals surface area contributed by atoms with Gasteiger partial charge in [0.2, 0.25) is 0 Å². The van der Waals surface area contributed by atoms with Crippen molar-refractivity contribution in [3.8, 4) is 0 Å². The van der Waals surface area contributed by atoms with Crippen molar-refractivity contribution in [3.05, 3.63) is 31.7 Å². The molecule has 4 aliphatic carbocycles. The third-order valence-corrected chi connectivity index (χ3v) is 10.5. The van der Waals surface area contributed by atoms with Crippen LogP contribution in [-0.2, 0) is 19.5 Å². The number of fused-ring (bicyclic) bond motifs is 5. The van der Waals surface area contributed by atoms with Gasteiger partial charge in [-0.05, 0) is 104 Å². The van der Waals surface area contributed by atoms with Crippen LogP contribution < -0.4 is 0 Å². The van der Waals surface area contributed by atoms with Gasteiger partial charge in [0.1, 0.15) is 0 Å². The van der Waals surface area contributed by atoms with Crippen molar-refractivity contribution in [1.29, 1.82) is 0 Å². The molecule has 4 aliphatic rings. The molecule has 161 valence electrons. The molecule has 0 saturated heterocycles. The fourth-order valence-electron chi connectivity index (χ4n) is 9.47. The molecule has 2 heteroatoms. The van der Waals surface area contributed by atoms with Gasteiger partial charge in [-0.2, -0.15) is 0 Å². The van der Waals surface area contributed by atoms with E-state index in [9.17, 15) is 5.11 Å². The number of allylic oxidation sites excluding steroid dienone is 2. The maximum atomic E-state index is 10.8. The molecule has 0 aromatic rings. The predicted octanol–water partition coefficient (Wildman–Crippen LogP) is 6.73. The molecule has 8 atom stereocenters.